The summed E-state index contributed by atoms with van der Waals surface area (Å²) in [4.78, 5) is 0.0789. The molecule has 0 amide bonds. The molecule has 0 radical (unpaired) electrons. The van der Waals surface area contributed by atoms with Crippen LogP contribution in [0.2, 0.25) is 0 Å². The Morgan fingerprint density at radius 2 is 1.70 bits per heavy atom. The molecule has 0 aliphatic rings. The van der Waals surface area contributed by atoms with E-state index >= 15 is 0 Å². The number of hydrogen-bond donors (Lipinski definition) is 1. The average Bonchev–Trinajstić information content (AvgIpc) is 2.46. The lowest BCUT2D eigenvalue weighted by molar-refractivity contribution is 0.400. The summed E-state index contributed by atoms with van der Waals surface area (Å²) in [5.74, 6) is -0.0919. The molecule has 23 heavy (non-hydrogen) atoms. The molecule has 0 bridgehead atoms. The molecule has 0 heterocycles. The zero-order valence-electron chi connectivity index (χ0n) is 13.6. The second-order valence-electron chi connectivity index (χ2n) is 5.89. The van der Waals surface area contributed by atoms with Gasteiger partial charge in [0.1, 0.15) is 16.5 Å². The highest BCUT2D eigenvalue weighted by molar-refractivity contribution is 7.89. The lowest BCUT2D eigenvalue weighted by Crippen LogP contribution is -2.41. The van der Waals surface area contributed by atoms with Crippen molar-refractivity contribution in [1.29, 1.82) is 0 Å². The Kier molecular flexibility index (Phi) is 4.77. The normalized spacial score (nSPS) is 12.2. The first-order valence-corrected chi connectivity index (χ1v) is 8.59. The van der Waals surface area contributed by atoms with Crippen molar-refractivity contribution in [3.8, 4) is 5.75 Å². The maximum atomic E-state index is 13.1. The van der Waals surface area contributed by atoms with E-state index in [1.807, 2.05) is 6.92 Å². The predicted octanol–water partition coefficient (Wildman–Crippen LogP) is 3.36. The fraction of sp³-hybridized carbons (Fsp3) is 0.294. The van der Waals surface area contributed by atoms with Crippen LogP contribution in [0.3, 0.4) is 0 Å². The third-order valence-electron chi connectivity index (χ3n) is 3.56. The van der Waals surface area contributed by atoms with Crippen molar-refractivity contribution in [2.45, 2.75) is 31.2 Å². The maximum Gasteiger partial charge on any atom is 0.245 e. The van der Waals surface area contributed by atoms with E-state index in [2.05, 4.69) is 4.72 Å². The van der Waals surface area contributed by atoms with Crippen molar-refractivity contribution >= 4 is 10.0 Å². The van der Waals surface area contributed by atoms with E-state index in [9.17, 15) is 12.8 Å². The van der Waals surface area contributed by atoms with E-state index in [1.165, 1.54) is 19.2 Å². The van der Waals surface area contributed by atoms with Crippen molar-refractivity contribution < 1.29 is 17.5 Å². The number of ether oxygens (including phenoxy) is 1. The van der Waals surface area contributed by atoms with Crippen LogP contribution in [0.4, 0.5) is 4.39 Å². The van der Waals surface area contributed by atoms with Crippen LogP contribution in [-0.4, -0.2) is 15.5 Å². The van der Waals surface area contributed by atoms with Crippen LogP contribution in [0.25, 0.3) is 0 Å². The molecule has 2 aromatic carbocycles. The van der Waals surface area contributed by atoms with Crippen molar-refractivity contribution in [2.75, 3.05) is 7.11 Å². The Labute approximate surface area is 136 Å². The minimum atomic E-state index is -3.81. The number of hydrogen-bond acceptors (Lipinski definition) is 3. The third kappa shape index (κ3) is 3.89. The molecule has 0 saturated carbocycles. The Morgan fingerprint density at radius 1 is 1.09 bits per heavy atom. The highest BCUT2D eigenvalue weighted by Crippen LogP contribution is 2.28. The summed E-state index contributed by atoms with van der Waals surface area (Å²) >= 11 is 0. The Balaban J connectivity index is 2.41. The van der Waals surface area contributed by atoms with Crippen LogP contribution in [-0.2, 0) is 15.6 Å². The van der Waals surface area contributed by atoms with E-state index in [0.717, 1.165) is 5.56 Å². The van der Waals surface area contributed by atoms with Crippen molar-refractivity contribution in [1.82, 2.24) is 4.72 Å². The SMILES string of the molecule is COc1ccc(C)cc1S(=O)(=O)NC(C)(C)c1ccc(F)cc1. The fourth-order valence-electron chi connectivity index (χ4n) is 2.31. The molecule has 1 N–H and O–H groups in total. The van der Waals surface area contributed by atoms with Gasteiger partial charge < -0.3 is 4.74 Å². The molecule has 0 fully saturated rings. The molecule has 0 aliphatic carbocycles. The second-order valence-corrected chi connectivity index (χ2v) is 7.54. The topological polar surface area (TPSA) is 55.4 Å². The Morgan fingerprint density at radius 3 is 2.26 bits per heavy atom. The number of halogens is 1. The van der Waals surface area contributed by atoms with Gasteiger partial charge in [0.2, 0.25) is 10.0 Å². The fourth-order valence-corrected chi connectivity index (χ4v) is 3.97. The van der Waals surface area contributed by atoms with E-state index in [0.29, 0.717) is 5.56 Å². The van der Waals surface area contributed by atoms with Crippen molar-refractivity contribution in [3.05, 3.63) is 59.4 Å². The summed E-state index contributed by atoms with van der Waals surface area (Å²) in [7, 11) is -2.38. The van der Waals surface area contributed by atoms with Gasteiger partial charge in [-0.2, -0.15) is 0 Å². The molecule has 2 aromatic rings. The van der Waals surface area contributed by atoms with E-state index in [4.69, 9.17) is 4.74 Å². The zero-order valence-corrected chi connectivity index (χ0v) is 14.4. The highest BCUT2D eigenvalue weighted by atomic mass is 32.2. The van der Waals surface area contributed by atoms with Gasteiger partial charge in [-0.1, -0.05) is 18.2 Å². The van der Waals surface area contributed by atoms with Gasteiger partial charge in [0.25, 0.3) is 0 Å². The van der Waals surface area contributed by atoms with Crippen LogP contribution < -0.4 is 9.46 Å². The number of benzene rings is 2. The highest BCUT2D eigenvalue weighted by Gasteiger charge is 2.30. The zero-order chi connectivity index (χ0) is 17.3. The minimum Gasteiger partial charge on any atom is -0.495 e. The smallest absolute Gasteiger partial charge is 0.245 e. The molecule has 6 heteroatoms. The summed E-state index contributed by atoms with van der Waals surface area (Å²) in [5.41, 5.74) is 0.571. The number of rotatable bonds is 5. The summed E-state index contributed by atoms with van der Waals surface area (Å²) < 4.78 is 46.4. The molecule has 0 atom stereocenters. The molecule has 0 unspecified atom stereocenters. The first-order chi connectivity index (χ1) is 10.7. The second kappa shape index (κ2) is 6.29. The average molecular weight is 337 g/mol. The van der Waals surface area contributed by atoms with Gasteiger partial charge in [-0.25, -0.2) is 17.5 Å². The number of methoxy groups -OCH3 is 1. The summed E-state index contributed by atoms with van der Waals surface area (Å²) in [6.45, 7) is 5.25. The molecule has 0 saturated heterocycles. The number of nitrogens with one attached hydrogen (secondary N) is 1. The molecule has 0 spiro atoms. The monoisotopic (exact) mass is 337 g/mol. The largest absolute Gasteiger partial charge is 0.495 e. The van der Waals surface area contributed by atoms with Crippen molar-refractivity contribution in [3.63, 3.8) is 0 Å². The molecule has 0 aliphatic heterocycles. The van der Waals surface area contributed by atoms with E-state index in [1.54, 1.807) is 44.2 Å². The van der Waals surface area contributed by atoms with Gasteiger partial charge in [0.15, 0.2) is 0 Å². The first-order valence-electron chi connectivity index (χ1n) is 7.10. The maximum absolute atomic E-state index is 13.1. The summed E-state index contributed by atoms with van der Waals surface area (Å²) in [6, 6.07) is 10.7. The van der Waals surface area contributed by atoms with Gasteiger partial charge in [-0.3, -0.25) is 0 Å². The first kappa shape index (κ1) is 17.4. The number of sulfonamides is 1. The summed E-state index contributed by atoms with van der Waals surface area (Å²) in [6.07, 6.45) is 0. The molecule has 124 valence electrons. The van der Waals surface area contributed by atoms with Crippen molar-refractivity contribution in [2.24, 2.45) is 0 Å². The molecule has 4 nitrogen and oxygen atoms in total. The number of aryl methyl sites for hydroxylation is 1. The van der Waals surface area contributed by atoms with Gasteiger partial charge in [-0.15, -0.1) is 0 Å². The lowest BCUT2D eigenvalue weighted by Gasteiger charge is -2.27. The standard InChI is InChI=1S/C17H20FNO3S/c1-12-5-10-15(22-4)16(11-12)23(20,21)19-17(2,3)13-6-8-14(18)9-7-13/h5-11,19H,1-4H3. The Hall–Kier alpha value is -1.92. The van der Waals surface area contributed by atoms with Gasteiger partial charge in [0, 0.05) is 0 Å². The minimum absolute atomic E-state index is 0.0789. The quantitative estimate of drug-likeness (QED) is 0.910. The van der Waals surface area contributed by atoms with Gasteiger partial charge in [-0.05, 0) is 56.2 Å². The summed E-state index contributed by atoms with van der Waals surface area (Å²) in [5, 5.41) is 0. The van der Waals surface area contributed by atoms with E-state index in [-0.39, 0.29) is 16.5 Å². The van der Waals surface area contributed by atoms with Crippen LogP contribution >= 0.6 is 0 Å². The van der Waals surface area contributed by atoms with Crippen LogP contribution in [0.1, 0.15) is 25.0 Å². The molecular formula is C17H20FNO3S. The van der Waals surface area contributed by atoms with Gasteiger partial charge in [0.05, 0.1) is 12.6 Å². The predicted molar refractivity (Wildman–Crippen MR) is 87.5 cm³/mol. The van der Waals surface area contributed by atoms with E-state index < -0.39 is 15.6 Å². The Bertz CT molecular complexity index is 799. The lowest BCUT2D eigenvalue weighted by atomic mass is 9.96. The molecule has 2 rings (SSSR count). The van der Waals surface area contributed by atoms with Crippen LogP contribution in [0.5, 0.6) is 5.75 Å². The van der Waals surface area contributed by atoms with Gasteiger partial charge >= 0.3 is 0 Å². The van der Waals surface area contributed by atoms with Crippen LogP contribution in [0, 0.1) is 12.7 Å². The third-order valence-corrected chi connectivity index (χ3v) is 5.24. The molecular weight excluding hydrogens is 317 g/mol. The van der Waals surface area contributed by atoms with Crippen LogP contribution in [0.15, 0.2) is 47.4 Å². The molecule has 0 aromatic heterocycles.